The lowest BCUT2D eigenvalue weighted by Crippen LogP contribution is -2.57. The summed E-state index contributed by atoms with van der Waals surface area (Å²) >= 11 is 1.16. The maximum Gasteiger partial charge on any atom is 0.460 e. The van der Waals surface area contributed by atoms with Gasteiger partial charge >= 0.3 is 23.9 Å². The van der Waals surface area contributed by atoms with Crippen LogP contribution < -0.4 is 5.32 Å². The second-order valence-corrected chi connectivity index (χ2v) is 4.71. The Bertz CT molecular complexity index is 530. The van der Waals surface area contributed by atoms with Crippen molar-refractivity contribution in [3.8, 4) is 0 Å². The zero-order chi connectivity index (χ0) is 16.5. The van der Waals surface area contributed by atoms with E-state index in [2.05, 4.69) is 0 Å². The van der Waals surface area contributed by atoms with Gasteiger partial charge in [0.1, 0.15) is 0 Å². The highest BCUT2D eigenvalue weighted by Crippen LogP contribution is 2.46. The summed E-state index contributed by atoms with van der Waals surface area (Å²) in [6, 6.07) is 5.09. The highest BCUT2D eigenvalue weighted by molar-refractivity contribution is 7.98. The highest BCUT2D eigenvalue weighted by atomic mass is 32.2. The lowest BCUT2D eigenvalue weighted by atomic mass is 10.1. The van der Waals surface area contributed by atoms with Gasteiger partial charge in [0.25, 0.3) is 0 Å². The van der Waals surface area contributed by atoms with Gasteiger partial charge in [-0.05, 0) is 24.5 Å². The van der Waals surface area contributed by atoms with Crippen LogP contribution in [0.25, 0.3) is 0 Å². The molecule has 0 heterocycles. The van der Waals surface area contributed by atoms with Crippen molar-refractivity contribution in [1.29, 1.82) is 0 Å². The van der Waals surface area contributed by atoms with Crippen LogP contribution in [0, 0.1) is 0 Å². The van der Waals surface area contributed by atoms with Crippen LogP contribution in [0.2, 0.25) is 0 Å². The lowest BCUT2D eigenvalue weighted by molar-refractivity contribution is -0.343. The molecule has 0 aliphatic rings. The topological polar surface area (TPSA) is 29.1 Å². The van der Waals surface area contributed by atoms with Crippen LogP contribution in [0.15, 0.2) is 29.2 Å². The van der Waals surface area contributed by atoms with Crippen LogP contribution in [0.1, 0.15) is 0 Å². The van der Waals surface area contributed by atoms with Crippen molar-refractivity contribution in [1.82, 2.24) is 0 Å². The molecule has 0 aliphatic heterocycles. The Hall–Kier alpha value is -1.45. The Morgan fingerprint density at radius 2 is 1.67 bits per heavy atom. The Labute approximate surface area is 118 Å². The van der Waals surface area contributed by atoms with E-state index in [0.717, 1.165) is 23.9 Å². The molecule has 1 amide bonds. The molecule has 0 unspecified atom stereocenters. The monoisotopic (exact) mass is 335 g/mol. The molecule has 0 spiro atoms. The second-order valence-electron chi connectivity index (χ2n) is 3.83. The van der Waals surface area contributed by atoms with E-state index in [-0.39, 0.29) is 5.69 Å². The quantitative estimate of drug-likeness (QED) is 0.661. The number of nitrogens with one attached hydrogen (secondary N) is 1. The molecule has 1 N–H and O–H groups in total. The largest absolute Gasteiger partial charge is 0.460 e. The van der Waals surface area contributed by atoms with E-state index in [4.69, 9.17) is 0 Å². The number of carbonyl (C=O) groups excluding carboxylic acids is 1. The summed E-state index contributed by atoms with van der Waals surface area (Å²) in [5.74, 6) is -15.1. The molecule has 118 valence electrons. The molecule has 1 rings (SSSR count). The molecule has 0 saturated heterocycles. The third kappa shape index (κ3) is 3.42. The average molecular weight is 335 g/mol. The van der Waals surface area contributed by atoms with Gasteiger partial charge in [-0.3, -0.25) is 4.79 Å². The van der Waals surface area contributed by atoms with Gasteiger partial charge in [-0.25, -0.2) is 0 Å². The van der Waals surface area contributed by atoms with E-state index in [1.165, 1.54) is 17.4 Å². The van der Waals surface area contributed by atoms with Crippen molar-refractivity contribution in [2.24, 2.45) is 0 Å². The van der Waals surface area contributed by atoms with Gasteiger partial charge in [0, 0.05) is 10.6 Å². The van der Waals surface area contributed by atoms with Gasteiger partial charge in [0.2, 0.25) is 0 Å². The van der Waals surface area contributed by atoms with E-state index in [1.807, 2.05) is 0 Å². The fourth-order valence-corrected chi connectivity index (χ4v) is 1.69. The minimum Gasteiger partial charge on any atom is -0.321 e. The third-order valence-electron chi connectivity index (χ3n) is 2.36. The number of rotatable bonds is 4. The number of halogens is 7. The number of alkyl halides is 7. The molecule has 0 radical (unpaired) electrons. The number of hydrogen-bond donors (Lipinski definition) is 1. The fourth-order valence-electron chi connectivity index (χ4n) is 1.23. The van der Waals surface area contributed by atoms with Crippen molar-refractivity contribution in [3.63, 3.8) is 0 Å². The van der Waals surface area contributed by atoms with Crippen molar-refractivity contribution < 1.29 is 35.5 Å². The van der Waals surface area contributed by atoms with E-state index in [0.29, 0.717) is 4.90 Å². The molecule has 2 nitrogen and oxygen atoms in total. The predicted octanol–water partition coefficient (Wildman–Crippen LogP) is 4.18. The van der Waals surface area contributed by atoms with Crippen molar-refractivity contribution in [3.05, 3.63) is 24.3 Å². The SMILES string of the molecule is CSc1cccc(NC(=O)C(F)(F)C(F)(F)C(F)(F)F)c1. The first-order valence-electron chi connectivity index (χ1n) is 5.21. The summed E-state index contributed by atoms with van der Waals surface area (Å²) in [7, 11) is 0. The molecule has 0 aliphatic carbocycles. The lowest BCUT2D eigenvalue weighted by Gasteiger charge is -2.27. The minimum absolute atomic E-state index is 0.315. The Morgan fingerprint density at radius 1 is 1.10 bits per heavy atom. The zero-order valence-corrected chi connectivity index (χ0v) is 11.1. The highest BCUT2D eigenvalue weighted by Gasteiger charge is 2.76. The Kier molecular flexibility index (Phi) is 4.81. The van der Waals surface area contributed by atoms with Crippen molar-refractivity contribution in [2.75, 3.05) is 11.6 Å². The molecular weight excluding hydrogens is 327 g/mol. The van der Waals surface area contributed by atoms with Gasteiger partial charge in [-0.1, -0.05) is 6.07 Å². The molecule has 21 heavy (non-hydrogen) atoms. The summed E-state index contributed by atoms with van der Waals surface area (Å²) in [4.78, 5) is 11.6. The smallest absolute Gasteiger partial charge is 0.321 e. The van der Waals surface area contributed by atoms with Crippen molar-refractivity contribution >= 4 is 23.4 Å². The summed E-state index contributed by atoms with van der Waals surface area (Å²) in [6.07, 6.45) is -4.93. The molecule has 0 atom stereocenters. The molecule has 0 aromatic heterocycles. The van der Waals surface area contributed by atoms with Crippen molar-refractivity contribution in [2.45, 2.75) is 22.9 Å². The summed E-state index contributed by atoms with van der Waals surface area (Å²) in [6.45, 7) is 0. The second kappa shape index (κ2) is 5.74. The number of benzene rings is 1. The van der Waals surface area contributed by atoms with E-state index >= 15 is 0 Å². The van der Waals surface area contributed by atoms with Crippen LogP contribution in [0.4, 0.5) is 36.4 Å². The van der Waals surface area contributed by atoms with Gasteiger partial charge < -0.3 is 5.32 Å². The number of amides is 1. The molecule has 0 fully saturated rings. The zero-order valence-electron chi connectivity index (χ0n) is 10.3. The first-order valence-corrected chi connectivity index (χ1v) is 6.44. The third-order valence-corrected chi connectivity index (χ3v) is 3.09. The van der Waals surface area contributed by atoms with E-state index in [9.17, 15) is 35.5 Å². The molecule has 0 bridgehead atoms. The maximum absolute atomic E-state index is 13.1. The average Bonchev–Trinajstić information content (AvgIpc) is 2.37. The van der Waals surface area contributed by atoms with Gasteiger partial charge in [0.15, 0.2) is 0 Å². The normalized spacial score (nSPS) is 13.1. The number of anilines is 1. The summed E-state index contributed by atoms with van der Waals surface area (Å²) < 4.78 is 87.3. The van der Waals surface area contributed by atoms with Crippen LogP contribution in [0.3, 0.4) is 0 Å². The Morgan fingerprint density at radius 3 is 2.14 bits per heavy atom. The van der Waals surface area contributed by atoms with Crippen LogP contribution in [-0.2, 0) is 4.79 Å². The molecule has 0 saturated carbocycles. The molecule has 10 heteroatoms. The first-order chi connectivity index (χ1) is 9.43. The minimum atomic E-state index is -6.55. The predicted molar refractivity (Wildman–Crippen MR) is 62.8 cm³/mol. The van der Waals surface area contributed by atoms with Gasteiger partial charge in [-0.15, -0.1) is 11.8 Å². The maximum atomic E-state index is 13.1. The Balaban J connectivity index is 3.01. The number of thioether (sulfide) groups is 1. The van der Waals surface area contributed by atoms with E-state index < -0.39 is 23.9 Å². The standard InChI is InChI=1S/C11H8F7NOS/c1-21-7-4-2-3-6(5-7)19-8(20)9(12,13)10(14,15)11(16,17)18/h2-5H,1H3,(H,19,20). The number of carbonyl (C=O) groups is 1. The van der Waals surface area contributed by atoms with Gasteiger partial charge in [0.05, 0.1) is 0 Å². The van der Waals surface area contributed by atoms with Crippen LogP contribution >= 0.6 is 11.8 Å². The fraction of sp³-hybridized carbons (Fsp3) is 0.364. The van der Waals surface area contributed by atoms with Crippen LogP contribution in [0.5, 0.6) is 0 Å². The van der Waals surface area contributed by atoms with Crippen LogP contribution in [-0.4, -0.2) is 30.2 Å². The first kappa shape index (κ1) is 17.6. The van der Waals surface area contributed by atoms with E-state index in [1.54, 1.807) is 6.26 Å². The number of hydrogen-bond acceptors (Lipinski definition) is 2. The molecule has 1 aromatic carbocycles. The summed E-state index contributed by atoms with van der Waals surface area (Å²) in [5.41, 5.74) is -0.315. The summed E-state index contributed by atoms with van der Waals surface area (Å²) in [5, 5.41) is 1.35. The molecular formula is C11H8F7NOS. The molecule has 1 aromatic rings. The van der Waals surface area contributed by atoms with Gasteiger partial charge in [-0.2, -0.15) is 30.7 Å².